The van der Waals surface area contributed by atoms with Gasteiger partial charge in [0, 0.05) is 19.5 Å². The fraction of sp³-hybridized carbons (Fsp3) is 0.375. The van der Waals surface area contributed by atoms with Crippen LogP contribution in [0.5, 0.6) is 0 Å². The molecular weight excluding hydrogens is 280 g/mol. The molecule has 1 heterocycles. The van der Waals surface area contributed by atoms with Crippen LogP contribution < -0.4 is 5.32 Å². The molecule has 0 amide bonds. The van der Waals surface area contributed by atoms with Crippen LogP contribution in [0.1, 0.15) is 23.2 Å². The van der Waals surface area contributed by atoms with Crippen molar-refractivity contribution < 1.29 is 0 Å². The topological polar surface area (TPSA) is 40.5 Å². The molecule has 0 radical (unpaired) electrons. The minimum Gasteiger partial charge on any atom is -0.351 e. The molecule has 0 fully saturated rings. The second-order valence-corrected chi connectivity index (χ2v) is 5.90. The molecule has 112 valence electrons. The molecule has 21 heavy (non-hydrogen) atoms. The van der Waals surface area contributed by atoms with E-state index in [2.05, 4.69) is 39.7 Å². The van der Waals surface area contributed by atoms with Crippen LogP contribution >= 0.6 is 11.3 Å². The summed E-state index contributed by atoms with van der Waals surface area (Å²) < 4.78 is 0. The van der Waals surface area contributed by atoms with Gasteiger partial charge in [0.2, 0.25) is 0 Å². The van der Waals surface area contributed by atoms with Gasteiger partial charge in [0.1, 0.15) is 0 Å². The van der Waals surface area contributed by atoms with E-state index in [9.17, 15) is 0 Å². The van der Waals surface area contributed by atoms with Gasteiger partial charge >= 0.3 is 0 Å². The molecule has 0 saturated carbocycles. The van der Waals surface area contributed by atoms with Crippen molar-refractivity contribution in [1.82, 2.24) is 15.2 Å². The van der Waals surface area contributed by atoms with Gasteiger partial charge in [-0.2, -0.15) is 0 Å². The molecule has 4 nitrogen and oxygen atoms in total. The number of nitrogens with one attached hydrogen (secondary N) is 1. The number of aliphatic imine (C=N–C) groups is 1. The van der Waals surface area contributed by atoms with Crippen LogP contribution in [-0.2, 0) is 19.5 Å². The van der Waals surface area contributed by atoms with E-state index in [0.29, 0.717) is 13.1 Å². The quantitative estimate of drug-likeness (QED) is 0.682. The van der Waals surface area contributed by atoms with E-state index in [-0.39, 0.29) is 0 Å². The molecular formula is C16H22N4S. The van der Waals surface area contributed by atoms with E-state index in [1.165, 1.54) is 10.6 Å². The van der Waals surface area contributed by atoms with Crippen molar-refractivity contribution in [1.29, 1.82) is 0 Å². The molecule has 0 atom stereocenters. The second-order valence-electron chi connectivity index (χ2n) is 4.96. The Balaban J connectivity index is 1.95. The van der Waals surface area contributed by atoms with Crippen molar-refractivity contribution in [2.24, 2.45) is 4.99 Å². The lowest BCUT2D eigenvalue weighted by Crippen LogP contribution is -2.36. The lowest BCUT2D eigenvalue weighted by atomic mass is 10.2. The first-order valence-corrected chi connectivity index (χ1v) is 8.00. The SMILES string of the molecule is CCc1nc(CNC(=NCc2ccccc2)N(C)C)cs1. The minimum atomic E-state index is 0.679. The fourth-order valence-corrected chi connectivity index (χ4v) is 2.61. The summed E-state index contributed by atoms with van der Waals surface area (Å²) in [6, 6.07) is 10.3. The Hall–Kier alpha value is -1.88. The first-order chi connectivity index (χ1) is 10.2. The molecule has 1 aromatic carbocycles. The van der Waals surface area contributed by atoms with Crippen LogP contribution in [0.25, 0.3) is 0 Å². The maximum Gasteiger partial charge on any atom is 0.194 e. The van der Waals surface area contributed by atoms with Crippen molar-refractivity contribution in [2.45, 2.75) is 26.4 Å². The Bertz CT molecular complexity index is 575. The van der Waals surface area contributed by atoms with Crippen molar-refractivity contribution in [3.05, 3.63) is 52.0 Å². The van der Waals surface area contributed by atoms with Crippen molar-refractivity contribution >= 4 is 17.3 Å². The molecule has 0 aliphatic carbocycles. The predicted molar refractivity (Wildman–Crippen MR) is 89.6 cm³/mol. The fourth-order valence-electron chi connectivity index (χ4n) is 1.87. The highest BCUT2D eigenvalue weighted by Crippen LogP contribution is 2.09. The highest BCUT2D eigenvalue weighted by molar-refractivity contribution is 7.09. The molecule has 0 saturated heterocycles. The number of thiazole rings is 1. The van der Waals surface area contributed by atoms with Gasteiger partial charge in [-0.15, -0.1) is 11.3 Å². The highest BCUT2D eigenvalue weighted by atomic mass is 32.1. The van der Waals surface area contributed by atoms with E-state index in [1.54, 1.807) is 11.3 Å². The Morgan fingerprint density at radius 1 is 1.29 bits per heavy atom. The minimum absolute atomic E-state index is 0.679. The molecule has 2 rings (SSSR count). The summed E-state index contributed by atoms with van der Waals surface area (Å²) in [5, 5.41) is 6.65. The monoisotopic (exact) mass is 302 g/mol. The van der Waals surface area contributed by atoms with E-state index >= 15 is 0 Å². The number of nitrogens with zero attached hydrogens (tertiary/aromatic N) is 3. The van der Waals surface area contributed by atoms with E-state index in [4.69, 9.17) is 0 Å². The maximum atomic E-state index is 4.64. The molecule has 0 unspecified atom stereocenters. The van der Waals surface area contributed by atoms with Crippen LogP contribution in [0.4, 0.5) is 0 Å². The predicted octanol–water partition coefficient (Wildman–Crippen LogP) is 2.91. The van der Waals surface area contributed by atoms with Crippen LogP contribution in [0.2, 0.25) is 0 Å². The summed E-state index contributed by atoms with van der Waals surface area (Å²) in [5.41, 5.74) is 2.28. The van der Waals surface area contributed by atoms with Gasteiger partial charge in [0.05, 0.1) is 23.8 Å². The Labute approximate surface area is 130 Å². The molecule has 1 aromatic heterocycles. The molecule has 0 spiro atoms. The number of aromatic nitrogens is 1. The van der Waals surface area contributed by atoms with E-state index in [1.807, 2.05) is 37.2 Å². The first kappa shape index (κ1) is 15.5. The first-order valence-electron chi connectivity index (χ1n) is 7.12. The summed E-state index contributed by atoms with van der Waals surface area (Å²) in [5.74, 6) is 0.880. The average Bonchev–Trinajstić information content (AvgIpc) is 2.96. The zero-order valence-electron chi connectivity index (χ0n) is 12.8. The van der Waals surface area contributed by atoms with Gasteiger partial charge < -0.3 is 10.2 Å². The summed E-state index contributed by atoms with van der Waals surface area (Å²) in [6.45, 7) is 3.52. The Morgan fingerprint density at radius 3 is 2.67 bits per heavy atom. The molecule has 5 heteroatoms. The van der Waals surface area contributed by atoms with Crippen LogP contribution in [-0.4, -0.2) is 29.9 Å². The molecule has 0 aliphatic heterocycles. The van der Waals surface area contributed by atoms with E-state index in [0.717, 1.165) is 18.1 Å². The average molecular weight is 302 g/mol. The number of benzene rings is 1. The van der Waals surface area contributed by atoms with Crippen molar-refractivity contribution in [3.8, 4) is 0 Å². The molecule has 2 aromatic rings. The van der Waals surface area contributed by atoms with Gasteiger partial charge in [-0.25, -0.2) is 9.98 Å². The maximum absolute atomic E-state index is 4.64. The highest BCUT2D eigenvalue weighted by Gasteiger charge is 2.04. The third-order valence-electron chi connectivity index (χ3n) is 3.01. The van der Waals surface area contributed by atoms with Crippen LogP contribution in [0.15, 0.2) is 40.7 Å². The lowest BCUT2D eigenvalue weighted by molar-refractivity contribution is 0.577. The number of hydrogen-bond acceptors (Lipinski definition) is 3. The number of aryl methyl sites for hydroxylation is 1. The normalized spacial score (nSPS) is 11.5. The zero-order valence-corrected chi connectivity index (χ0v) is 13.7. The van der Waals surface area contributed by atoms with Gasteiger partial charge in [0.25, 0.3) is 0 Å². The summed E-state index contributed by atoms with van der Waals surface area (Å²) in [6.07, 6.45) is 0.993. The summed E-state index contributed by atoms with van der Waals surface area (Å²) in [7, 11) is 3.99. The van der Waals surface area contributed by atoms with E-state index < -0.39 is 0 Å². The van der Waals surface area contributed by atoms with Crippen LogP contribution in [0.3, 0.4) is 0 Å². The van der Waals surface area contributed by atoms with Gasteiger partial charge in [0.15, 0.2) is 5.96 Å². The van der Waals surface area contributed by atoms with Crippen molar-refractivity contribution in [2.75, 3.05) is 14.1 Å². The molecule has 0 aliphatic rings. The van der Waals surface area contributed by atoms with Gasteiger partial charge in [-0.3, -0.25) is 0 Å². The number of hydrogen-bond donors (Lipinski definition) is 1. The summed E-state index contributed by atoms with van der Waals surface area (Å²) >= 11 is 1.72. The molecule has 1 N–H and O–H groups in total. The molecule has 0 bridgehead atoms. The van der Waals surface area contributed by atoms with Crippen molar-refractivity contribution in [3.63, 3.8) is 0 Å². The third-order valence-corrected chi connectivity index (χ3v) is 4.05. The van der Waals surface area contributed by atoms with Gasteiger partial charge in [-0.1, -0.05) is 37.3 Å². The van der Waals surface area contributed by atoms with Crippen LogP contribution in [0, 0.1) is 0 Å². The van der Waals surface area contributed by atoms with Gasteiger partial charge in [-0.05, 0) is 12.0 Å². The smallest absolute Gasteiger partial charge is 0.194 e. The zero-order chi connectivity index (χ0) is 15.1. The Kier molecular flexibility index (Phi) is 5.75. The number of guanidine groups is 1. The third kappa shape index (κ3) is 4.86. The lowest BCUT2D eigenvalue weighted by Gasteiger charge is -2.17. The summed E-state index contributed by atoms with van der Waals surface area (Å²) in [4.78, 5) is 11.2. The standard InChI is InChI=1S/C16H22N4S/c1-4-15-19-14(12-21-15)11-18-16(20(2)3)17-10-13-8-6-5-7-9-13/h5-9,12H,4,10-11H2,1-3H3,(H,17,18). The second kappa shape index (κ2) is 7.78. The number of rotatable bonds is 5. The Morgan fingerprint density at radius 2 is 2.05 bits per heavy atom. The largest absolute Gasteiger partial charge is 0.351 e.